The van der Waals surface area contributed by atoms with Crippen LogP contribution in [0.2, 0.25) is 0 Å². The molecule has 7 heteroatoms. The molecule has 128 valence electrons. The minimum atomic E-state index is -4.47. The van der Waals surface area contributed by atoms with Gasteiger partial charge in [0.25, 0.3) is 0 Å². The first kappa shape index (κ1) is 17.7. The van der Waals surface area contributed by atoms with Crippen LogP contribution < -0.4 is 5.73 Å². The van der Waals surface area contributed by atoms with Crippen LogP contribution in [0.4, 0.5) is 18.9 Å². The van der Waals surface area contributed by atoms with Crippen molar-refractivity contribution in [1.82, 2.24) is 9.80 Å². The molecule has 1 aliphatic rings. The molecule has 4 nitrogen and oxygen atoms in total. The zero-order valence-electron chi connectivity index (χ0n) is 13.1. The molecule has 1 saturated heterocycles. The largest absolute Gasteiger partial charge is 0.416 e. The number of hydrogen-bond donors (Lipinski definition) is 1. The number of anilines is 1. The number of alkyl halides is 3. The van der Waals surface area contributed by atoms with Crippen molar-refractivity contribution in [2.24, 2.45) is 0 Å². The number of carbonyl (C=O) groups is 1. The molecule has 1 atom stereocenters. The van der Waals surface area contributed by atoms with Crippen LogP contribution in [-0.2, 0) is 17.4 Å². The fourth-order valence-corrected chi connectivity index (χ4v) is 2.94. The first-order valence-electron chi connectivity index (χ1n) is 7.72. The number of piperazine rings is 1. The van der Waals surface area contributed by atoms with Crippen molar-refractivity contribution in [3.63, 3.8) is 0 Å². The molecule has 1 unspecified atom stereocenters. The van der Waals surface area contributed by atoms with Crippen molar-refractivity contribution in [2.75, 3.05) is 38.5 Å². The van der Waals surface area contributed by atoms with E-state index in [1.165, 1.54) is 12.1 Å². The average Bonchev–Trinajstić information content (AvgIpc) is 2.53. The first-order valence-corrected chi connectivity index (χ1v) is 7.72. The molecule has 1 aliphatic heterocycles. The van der Waals surface area contributed by atoms with E-state index in [4.69, 9.17) is 5.73 Å². The van der Waals surface area contributed by atoms with E-state index in [1.807, 2.05) is 4.90 Å². The molecule has 0 saturated carbocycles. The van der Waals surface area contributed by atoms with Gasteiger partial charge in [-0.25, -0.2) is 0 Å². The molecule has 1 heterocycles. The Hall–Kier alpha value is -1.60. The number of rotatable bonds is 5. The number of aldehydes is 1. The SMILES string of the molecule is CCN1CCN(C(C=O)Cc2ccc(N)cc2C(F)(F)F)CC1. The standard InChI is InChI=1S/C16H22F3N3O/c1-2-21-5-7-22(8-6-21)14(11-23)9-12-3-4-13(20)10-15(12)16(17,18)19/h3-4,10-11,14H,2,5-9,20H2,1H3. The average molecular weight is 329 g/mol. The quantitative estimate of drug-likeness (QED) is 0.663. The lowest BCUT2D eigenvalue weighted by atomic mass is 9.98. The van der Waals surface area contributed by atoms with Gasteiger partial charge in [-0.15, -0.1) is 0 Å². The minimum absolute atomic E-state index is 0.0464. The monoisotopic (exact) mass is 329 g/mol. The third kappa shape index (κ3) is 4.45. The van der Waals surface area contributed by atoms with E-state index >= 15 is 0 Å². The number of nitrogens with two attached hydrogens (primary N) is 1. The van der Waals surface area contributed by atoms with Crippen LogP contribution in [0, 0.1) is 0 Å². The third-order valence-electron chi connectivity index (χ3n) is 4.35. The summed E-state index contributed by atoms with van der Waals surface area (Å²) in [6.07, 6.45) is -3.68. The zero-order valence-corrected chi connectivity index (χ0v) is 13.1. The van der Waals surface area contributed by atoms with E-state index in [0.717, 1.165) is 32.0 Å². The molecule has 1 fully saturated rings. The second-order valence-electron chi connectivity index (χ2n) is 5.79. The van der Waals surface area contributed by atoms with Gasteiger partial charge in [-0.1, -0.05) is 13.0 Å². The predicted molar refractivity (Wildman–Crippen MR) is 83.1 cm³/mol. The lowest BCUT2D eigenvalue weighted by Crippen LogP contribution is -2.51. The molecule has 0 bridgehead atoms. The second-order valence-corrected chi connectivity index (χ2v) is 5.79. The third-order valence-corrected chi connectivity index (χ3v) is 4.35. The highest BCUT2D eigenvalue weighted by atomic mass is 19.4. The lowest BCUT2D eigenvalue weighted by molar-refractivity contribution is -0.138. The van der Waals surface area contributed by atoms with Crippen LogP contribution in [0.25, 0.3) is 0 Å². The fourth-order valence-electron chi connectivity index (χ4n) is 2.94. The van der Waals surface area contributed by atoms with Gasteiger partial charge >= 0.3 is 6.18 Å². The molecule has 0 aliphatic carbocycles. The topological polar surface area (TPSA) is 49.6 Å². The van der Waals surface area contributed by atoms with Crippen LogP contribution >= 0.6 is 0 Å². The normalized spacial score (nSPS) is 18.8. The maximum absolute atomic E-state index is 13.2. The number of likely N-dealkylation sites (N-methyl/N-ethyl adjacent to an activating group) is 1. The minimum Gasteiger partial charge on any atom is -0.399 e. The van der Waals surface area contributed by atoms with Crippen molar-refractivity contribution >= 4 is 12.0 Å². The first-order chi connectivity index (χ1) is 10.8. The van der Waals surface area contributed by atoms with Crippen LogP contribution in [0.5, 0.6) is 0 Å². The maximum Gasteiger partial charge on any atom is 0.416 e. The Kier molecular flexibility index (Phi) is 5.64. The Balaban J connectivity index is 2.15. The van der Waals surface area contributed by atoms with Gasteiger partial charge in [0.2, 0.25) is 0 Å². The Morgan fingerprint density at radius 2 is 1.91 bits per heavy atom. The molecule has 0 radical (unpaired) electrons. The van der Waals surface area contributed by atoms with Gasteiger partial charge in [0.15, 0.2) is 0 Å². The highest BCUT2D eigenvalue weighted by Crippen LogP contribution is 2.34. The summed E-state index contributed by atoms with van der Waals surface area (Å²) in [6.45, 7) is 6.04. The summed E-state index contributed by atoms with van der Waals surface area (Å²) in [5.74, 6) is 0. The van der Waals surface area contributed by atoms with Gasteiger partial charge in [-0.05, 0) is 30.7 Å². The smallest absolute Gasteiger partial charge is 0.399 e. The Bertz CT molecular complexity index is 540. The molecule has 2 N–H and O–H groups in total. The fraction of sp³-hybridized carbons (Fsp3) is 0.562. The molecule has 23 heavy (non-hydrogen) atoms. The van der Waals surface area contributed by atoms with Gasteiger partial charge in [0.1, 0.15) is 6.29 Å². The van der Waals surface area contributed by atoms with Crippen LogP contribution in [0.1, 0.15) is 18.1 Å². The molecule has 0 spiro atoms. The lowest BCUT2D eigenvalue weighted by Gasteiger charge is -2.37. The maximum atomic E-state index is 13.2. The van der Waals surface area contributed by atoms with Gasteiger partial charge in [0.05, 0.1) is 11.6 Å². The molecule has 2 rings (SSSR count). The number of benzene rings is 1. The number of nitrogen functional groups attached to an aromatic ring is 1. The van der Waals surface area contributed by atoms with E-state index in [0.29, 0.717) is 13.1 Å². The van der Waals surface area contributed by atoms with Gasteiger partial charge < -0.3 is 15.4 Å². The van der Waals surface area contributed by atoms with Crippen LogP contribution in [0.3, 0.4) is 0 Å². The summed E-state index contributed by atoms with van der Waals surface area (Å²) in [5.41, 5.74) is 4.90. The van der Waals surface area contributed by atoms with E-state index in [2.05, 4.69) is 11.8 Å². The highest BCUT2D eigenvalue weighted by Gasteiger charge is 2.34. The molecular weight excluding hydrogens is 307 g/mol. The van der Waals surface area contributed by atoms with Crippen molar-refractivity contribution < 1.29 is 18.0 Å². The molecular formula is C16H22F3N3O. The predicted octanol–water partition coefficient (Wildman–Crippen LogP) is 2.04. The molecule has 1 aromatic carbocycles. The summed E-state index contributed by atoms with van der Waals surface area (Å²) in [5, 5.41) is 0. The van der Waals surface area contributed by atoms with E-state index in [1.54, 1.807) is 0 Å². The number of hydrogen-bond acceptors (Lipinski definition) is 4. The van der Waals surface area contributed by atoms with E-state index in [9.17, 15) is 18.0 Å². The van der Waals surface area contributed by atoms with E-state index in [-0.39, 0.29) is 17.7 Å². The molecule has 0 amide bonds. The van der Waals surface area contributed by atoms with Gasteiger partial charge in [-0.2, -0.15) is 13.2 Å². The number of nitrogens with zero attached hydrogens (tertiary/aromatic N) is 2. The highest BCUT2D eigenvalue weighted by molar-refractivity contribution is 5.59. The van der Waals surface area contributed by atoms with Crippen molar-refractivity contribution in [2.45, 2.75) is 25.6 Å². The Morgan fingerprint density at radius 3 is 2.43 bits per heavy atom. The van der Waals surface area contributed by atoms with Gasteiger partial charge in [0, 0.05) is 31.9 Å². The van der Waals surface area contributed by atoms with Crippen molar-refractivity contribution in [3.8, 4) is 0 Å². The number of carbonyl (C=O) groups excluding carboxylic acids is 1. The summed E-state index contributed by atoms with van der Waals surface area (Å²) in [6, 6.07) is 3.21. The van der Waals surface area contributed by atoms with Crippen LogP contribution in [-0.4, -0.2) is 54.9 Å². The zero-order chi connectivity index (χ0) is 17.0. The summed E-state index contributed by atoms with van der Waals surface area (Å²) >= 11 is 0. The second kappa shape index (κ2) is 7.31. The van der Waals surface area contributed by atoms with Crippen molar-refractivity contribution in [3.05, 3.63) is 29.3 Å². The molecule has 0 aromatic heterocycles. The summed E-state index contributed by atoms with van der Waals surface area (Å²) < 4.78 is 39.5. The molecule has 1 aromatic rings. The van der Waals surface area contributed by atoms with Gasteiger partial charge in [-0.3, -0.25) is 4.90 Å². The Labute approximate surface area is 134 Å². The summed E-state index contributed by atoms with van der Waals surface area (Å²) in [4.78, 5) is 15.6. The number of halogens is 3. The summed E-state index contributed by atoms with van der Waals surface area (Å²) in [7, 11) is 0. The van der Waals surface area contributed by atoms with E-state index < -0.39 is 17.8 Å². The van der Waals surface area contributed by atoms with Crippen molar-refractivity contribution in [1.29, 1.82) is 0 Å². The Morgan fingerprint density at radius 1 is 1.26 bits per heavy atom. The van der Waals surface area contributed by atoms with Crippen LogP contribution in [0.15, 0.2) is 18.2 Å².